The fraction of sp³-hybridized carbons (Fsp3) is 0.143. The number of aromatic nitrogens is 1. The summed E-state index contributed by atoms with van der Waals surface area (Å²) in [6.07, 6.45) is 0. The number of nitriles is 1. The van der Waals surface area contributed by atoms with Gasteiger partial charge in [0.1, 0.15) is 6.07 Å². The van der Waals surface area contributed by atoms with Crippen molar-refractivity contribution in [3.05, 3.63) is 58.4 Å². The van der Waals surface area contributed by atoms with E-state index in [1.165, 1.54) is 0 Å². The maximum Gasteiger partial charge on any atom is 0.101 e. The first-order valence-electron chi connectivity index (χ1n) is 5.55. The molecule has 4 heteroatoms. The number of rotatable bonds is 3. The summed E-state index contributed by atoms with van der Waals surface area (Å²) in [5.41, 5.74) is 3.32. The lowest BCUT2D eigenvalue weighted by molar-refractivity contribution is 1.02. The smallest absolute Gasteiger partial charge is 0.101 e. The highest BCUT2D eigenvalue weighted by atomic mass is 35.5. The van der Waals surface area contributed by atoms with Gasteiger partial charge in [0.15, 0.2) is 0 Å². The zero-order valence-corrected chi connectivity index (χ0v) is 10.7. The average Bonchev–Trinajstić information content (AvgIpc) is 2.37. The Bertz CT molecular complexity index is 602. The number of anilines is 1. The number of aryl methyl sites for hydroxylation is 1. The standard InChI is InChI=1S/C14H12ClN3/c1-10-3-2-4-13(18-10)9-17-12-6-5-11(8-16)14(15)7-12/h2-7,17H,9H2,1H3. The van der Waals surface area contributed by atoms with E-state index in [1.54, 1.807) is 12.1 Å². The number of hydrogen-bond donors (Lipinski definition) is 1. The highest BCUT2D eigenvalue weighted by Gasteiger charge is 2.01. The molecule has 1 N–H and O–H groups in total. The molecule has 90 valence electrons. The van der Waals surface area contributed by atoms with Crippen LogP contribution in [-0.4, -0.2) is 4.98 Å². The SMILES string of the molecule is Cc1cccc(CNc2ccc(C#N)c(Cl)c2)n1. The molecule has 1 aromatic carbocycles. The van der Waals surface area contributed by atoms with Crippen LogP contribution in [0.4, 0.5) is 5.69 Å². The Kier molecular flexibility index (Phi) is 3.81. The van der Waals surface area contributed by atoms with Gasteiger partial charge in [0.25, 0.3) is 0 Å². The summed E-state index contributed by atoms with van der Waals surface area (Å²) in [7, 11) is 0. The molecule has 0 saturated carbocycles. The fourth-order valence-electron chi connectivity index (χ4n) is 1.61. The first kappa shape index (κ1) is 12.4. The summed E-state index contributed by atoms with van der Waals surface area (Å²) in [4.78, 5) is 4.40. The van der Waals surface area contributed by atoms with E-state index in [1.807, 2.05) is 37.3 Å². The molecule has 2 aromatic rings. The van der Waals surface area contributed by atoms with Gasteiger partial charge in [-0.2, -0.15) is 5.26 Å². The maximum atomic E-state index is 8.78. The van der Waals surface area contributed by atoms with Crippen molar-refractivity contribution in [2.75, 3.05) is 5.32 Å². The number of hydrogen-bond acceptors (Lipinski definition) is 3. The highest BCUT2D eigenvalue weighted by Crippen LogP contribution is 2.20. The zero-order chi connectivity index (χ0) is 13.0. The van der Waals surface area contributed by atoms with Gasteiger partial charge in [0, 0.05) is 11.4 Å². The second kappa shape index (κ2) is 5.52. The van der Waals surface area contributed by atoms with E-state index in [9.17, 15) is 0 Å². The van der Waals surface area contributed by atoms with Crippen LogP contribution >= 0.6 is 11.6 Å². The van der Waals surface area contributed by atoms with Crippen LogP contribution in [0.3, 0.4) is 0 Å². The summed E-state index contributed by atoms with van der Waals surface area (Å²) in [6.45, 7) is 2.59. The highest BCUT2D eigenvalue weighted by molar-refractivity contribution is 6.32. The third-order valence-corrected chi connectivity index (χ3v) is 2.82. The van der Waals surface area contributed by atoms with Crippen molar-refractivity contribution in [3.8, 4) is 6.07 Å². The average molecular weight is 258 g/mol. The molecule has 0 radical (unpaired) electrons. The zero-order valence-electron chi connectivity index (χ0n) is 9.94. The Balaban J connectivity index is 2.07. The lowest BCUT2D eigenvalue weighted by Gasteiger charge is -2.07. The van der Waals surface area contributed by atoms with Crippen LogP contribution in [0.15, 0.2) is 36.4 Å². The monoisotopic (exact) mass is 257 g/mol. The number of halogens is 1. The Morgan fingerprint density at radius 3 is 2.83 bits per heavy atom. The normalized spacial score (nSPS) is 9.83. The second-order valence-corrected chi connectivity index (χ2v) is 4.34. The van der Waals surface area contributed by atoms with Crippen molar-refractivity contribution in [2.24, 2.45) is 0 Å². The maximum absolute atomic E-state index is 8.78. The van der Waals surface area contributed by atoms with E-state index >= 15 is 0 Å². The number of nitrogens with one attached hydrogen (secondary N) is 1. The Morgan fingerprint density at radius 1 is 1.33 bits per heavy atom. The van der Waals surface area contributed by atoms with E-state index in [4.69, 9.17) is 16.9 Å². The topological polar surface area (TPSA) is 48.7 Å². The molecule has 2 rings (SSSR count). The molecule has 0 spiro atoms. The molecule has 18 heavy (non-hydrogen) atoms. The van der Waals surface area contributed by atoms with E-state index in [-0.39, 0.29) is 0 Å². The molecule has 0 fully saturated rings. The quantitative estimate of drug-likeness (QED) is 0.915. The largest absolute Gasteiger partial charge is 0.379 e. The lowest BCUT2D eigenvalue weighted by atomic mass is 10.2. The lowest BCUT2D eigenvalue weighted by Crippen LogP contribution is -2.02. The Labute approximate surface area is 111 Å². The van der Waals surface area contributed by atoms with E-state index in [0.717, 1.165) is 17.1 Å². The molecule has 0 aliphatic carbocycles. The molecule has 0 amide bonds. The van der Waals surface area contributed by atoms with Crippen molar-refractivity contribution in [2.45, 2.75) is 13.5 Å². The van der Waals surface area contributed by atoms with Gasteiger partial charge in [0.2, 0.25) is 0 Å². The summed E-state index contributed by atoms with van der Waals surface area (Å²) in [5, 5.41) is 12.5. The third kappa shape index (κ3) is 2.99. The Hall–Kier alpha value is -2.05. The molecule has 0 bridgehead atoms. The van der Waals surface area contributed by atoms with Crippen LogP contribution in [0, 0.1) is 18.3 Å². The van der Waals surface area contributed by atoms with Gasteiger partial charge >= 0.3 is 0 Å². The summed E-state index contributed by atoms with van der Waals surface area (Å²) in [6, 6.07) is 13.2. The Morgan fingerprint density at radius 2 is 2.17 bits per heavy atom. The molecular weight excluding hydrogens is 246 g/mol. The minimum Gasteiger partial charge on any atom is -0.379 e. The summed E-state index contributed by atoms with van der Waals surface area (Å²) in [5.74, 6) is 0. The first-order valence-corrected chi connectivity index (χ1v) is 5.93. The third-order valence-electron chi connectivity index (χ3n) is 2.51. The molecule has 0 aliphatic rings. The van der Waals surface area contributed by atoms with E-state index in [2.05, 4.69) is 10.3 Å². The van der Waals surface area contributed by atoms with E-state index < -0.39 is 0 Å². The number of benzene rings is 1. The van der Waals surface area contributed by atoms with E-state index in [0.29, 0.717) is 17.1 Å². The van der Waals surface area contributed by atoms with Crippen LogP contribution in [0.25, 0.3) is 0 Å². The molecule has 0 saturated heterocycles. The van der Waals surface area contributed by atoms with Crippen molar-refractivity contribution in [1.82, 2.24) is 4.98 Å². The molecule has 0 aliphatic heterocycles. The van der Waals surface area contributed by atoms with Gasteiger partial charge in [-0.1, -0.05) is 17.7 Å². The molecule has 1 heterocycles. The van der Waals surface area contributed by atoms with Crippen molar-refractivity contribution >= 4 is 17.3 Å². The predicted octanol–water partition coefficient (Wildman–Crippen LogP) is 3.53. The molecule has 1 aromatic heterocycles. The van der Waals surface area contributed by atoms with Gasteiger partial charge in [-0.05, 0) is 37.3 Å². The van der Waals surface area contributed by atoms with Crippen LogP contribution < -0.4 is 5.32 Å². The van der Waals surface area contributed by atoms with Crippen LogP contribution in [0.5, 0.6) is 0 Å². The number of nitrogens with zero attached hydrogens (tertiary/aromatic N) is 2. The van der Waals surface area contributed by atoms with Gasteiger partial charge in [0.05, 0.1) is 22.8 Å². The summed E-state index contributed by atoms with van der Waals surface area (Å²) < 4.78 is 0. The van der Waals surface area contributed by atoms with Gasteiger partial charge < -0.3 is 5.32 Å². The second-order valence-electron chi connectivity index (χ2n) is 3.93. The number of pyridine rings is 1. The predicted molar refractivity (Wildman–Crippen MR) is 72.5 cm³/mol. The van der Waals surface area contributed by atoms with Crippen molar-refractivity contribution in [3.63, 3.8) is 0 Å². The molecular formula is C14H12ClN3. The van der Waals surface area contributed by atoms with Crippen LogP contribution in [-0.2, 0) is 6.54 Å². The molecule has 3 nitrogen and oxygen atoms in total. The van der Waals surface area contributed by atoms with Gasteiger partial charge in [-0.25, -0.2) is 0 Å². The first-order chi connectivity index (χ1) is 8.69. The minimum atomic E-state index is 0.458. The minimum absolute atomic E-state index is 0.458. The van der Waals surface area contributed by atoms with Crippen LogP contribution in [0.1, 0.15) is 17.0 Å². The fourth-order valence-corrected chi connectivity index (χ4v) is 1.83. The van der Waals surface area contributed by atoms with Crippen molar-refractivity contribution < 1.29 is 0 Å². The molecule has 0 atom stereocenters. The molecule has 0 unspecified atom stereocenters. The summed E-state index contributed by atoms with van der Waals surface area (Å²) >= 11 is 5.96. The van der Waals surface area contributed by atoms with Gasteiger partial charge in [-0.15, -0.1) is 0 Å². The van der Waals surface area contributed by atoms with Gasteiger partial charge in [-0.3, -0.25) is 4.98 Å². The van der Waals surface area contributed by atoms with Crippen molar-refractivity contribution in [1.29, 1.82) is 5.26 Å². The van der Waals surface area contributed by atoms with Crippen LogP contribution in [0.2, 0.25) is 5.02 Å².